The van der Waals surface area contributed by atoms with Gasteiger partial charge in [-0.1, -0.05) is 11.8 Å². The Morgan fingerprint density at radius 2 is 2.12 bits per heavy atom. The molecule has 120 valence electrons. The quantitative estimate of drug-likeness (QED) is 0.488. The molecule has 4 aromatic heterocycles. The Bertz CT molecular complexity index is 928. The summed E-state index contributed by atoms with van der Waals surface area (Å²) in [4.78, 5) is 8.84. The second kappa shape index (κ2) is 6.84. The van der Waals surface area contributed by atoms with Crippen molar-refractivity contribution >= 4 is 34.4 Å². The van der Waals surface area contributed by atoms with Crippen LogP contribution in [-0.2, 0) is 12.8 Å². The number of thiazole rings is 1. The van der Waals surface area contributed by atoms with Gasteiger partial charge in [-0.2, -0.15) is 11.3 Å². The molecule has 0 bridgehead atoms. The number of thioether (sulfide) groups is 1. The van der Waals surface area contributed by atoms with Crippen molar-refractivity contribution in [3.63, 3.8) is 0 Å². The van der Waals surface area contributed by atoms with E-state index in [0.717, 1.165) is 33.0 Å². The van der Waals surface area contributed by atoms with Crippen LogP contribution >= 0.6 is 34.4 Å². The molecule has 0 spiro atoms. The van der Waals surface area contributed by atoms with Crippen molar-refractivity contribution in [2.45, 2.75) is 10.9 Å². The van der Waals surface area contributed by atoms with Gasteiger partial charge in [-0.3, -0.25) is 4.98 Å². The Morgan fingerprint density at radius 3 is 2.92 bits per heavy atom. The second-order valence-electron chi connectivity index (χ2n) is 5.05. The Balaban J connectivity index is 1.48. The van der Waals surface area contributed by atoms with Gasteiger partial charge < -0.3 is 4.57 Å². The third-order valence-electron chi connectivity index (χ3n) is 3.42. The van der Waals surface area contributed by atoms with Crippen LogP contribution in [0.25, 0.3) is 22.0 Å². The number of nitrogens with zero attached hydrogens (tertiary/aromatic N) is 5. The first-order valence-electron chi connectivity index (χ1n) is 7.21. The molecule has 5 nitrogen and oxygen atoms in total. The van der Waals surface area contributed by atoms with Gasteiger partial charge in [0, 0.05) is 47.1 Å². The van der Waals surface area contributed by atoms with Gasteiger partial charge in [0.2, 0.25) is 0 Å². The molecule has 0 fully saturated rings. The fraction of sp³-hybridized carbons (Fsp3) is 0.125. The minimum atomic E-state index is 0.777. The fourth-order valence-electron chi connectivity index (χ4n) is 2.22. The van der Waals surface area contributed by atoms with Gasteiger partial charge in [0.1, 0.15) is 5.01 Å². The van der Waals surface area contributed by atoms with Crippen LogP contribution in [0.15, 0.2) is 51.9 Å². The van der Waals surface area contributed by atoms with Crippen LogP contribution in [0.2, 0.25) is 0 Å². The summed E-state index contributed by atoms with van der Waals surface area (Å²) < 4.78 is 1.99. The summed E-state index contributed by atoms with van der Waals surface area (Å²) in [7, 11) is 1.97. The molecule has 0 N–H and O–H groups in total. The predicted octanol–water partition coefficient (Wildman–Crippen LogP) is 4.35. The monoisotopic (exact) mass is 371 g/mol. The van der Waals surface area contributed by atoms with E-state index in [0.29, 0.717) is 0 Å². The Hall–Kier alpha value is -2.03. The molecule has 0 saturated carbocycles. The summed E-state index contributed by atoms with van der Waals surface area (Å²) in [5.74, 6) is 1.60. The molecule has 24 heavy (non-hydrogen) atoms. The highest BCUT2D eigenvalue weighted by atomic mass is 32.2. The molecule has 4 heterocycles. The van der Waals surface area contributed by atoms with Crippen LogP contribution in [0.1, 0.15) is 5.69 Å². The molecule has 0 aliphatic carbocycles. The maximum atomic E-state index is 4.70. The number of pyridine rings is 1. The lowest BCUT2D eigenvalue weighted by molar-refractivity contribution is 0.793. The van der Waals surface area contributed by atoms with Crippen molar-refractivity contribution < 1.29 is 0 Å². The molecule has 0 aromatic carbocycles. The minimum absolute atomic E-state index is 0.777. The van der Waals surface area contributed by atoms with Gasteiger partial charge in [-0.15, -0.1) is 21.5 Å². The first-order chi connectivity index (χ1) is 11.8. The number of thiophene rings is 1. The van der Waals surface area contributed by atoms with Crippen molar-refractivity contribution in [3.05, 3.63) is 52.4 Å². The summed E-state index contributed by atoms with van der Waals surface area (Å²) in [5, 5.41) is 16.8. The van der Waals surface area contributed by atoms with Gasteiger partial charge in [0.25, 0.3) is 0 Å². The zero-order valence-electron chi connectivity index (χ0n) is 12.8. The molecule has 0 aliphatic rings. The summed E-state index contributed by atoms with van der Waals surface area (Å²) in [6, 6.07) is 5.99. The first kappa shape index (κ1) is 15.5. The molecule has 0 radical (unpaired) electrons. The smallest absolute Gasteiger partial charge is 0.191 e. The van der Waals surface area contributed by atoms with E-state index in [9.17, 15) is 0 Å². The van der Waals surface area contributed by atoms with Crippen LogP contribution in [-0.4, -0.2) is 24.7 Å². The molecule has 4 aromatic rings. The van der Waals surface area contributed by atoms with Crippen LogP contribution in [0.4, 0.5) is 0 Å². The predicted molar refractivity (Wildman–Crippen MR) is 99.2 cm³/mol. The average molecular weight is 372 g/mol. The molecule has 0 aliphatic heterocycles. The third-order valence-corrected chi connectivity index (χ3v) is 6.10. The van der Waals surface area contributed by atoms with E-state index >= 15 is 0 Å². The van der Waals surface area contributed by atoms with E-state index in [2.05, 4.69) is 37.4 Å². The van der Waals surface area contributed by atoms with E-state index in [-0.39, 0.29) is 0 Å². The number of hydrogen-bond acceptors (Lipinski definition) is 7. The van der Waals surface area contributed by atoms with Crippen molar-refractivity contribution in [2.24, 2.45) is 7.05 Å². The lowest BCUT2D eigenvalue weighted by Crippen LogP contribution is -1.95. The maximum absolute atomic E-state index is 4.70. The standard InChI is InChI=1S/C16H13N5S3/c1-21-14(11-3-2-5-17-7-11)19-20-16(21)24-10-13-9-23-15(18-13)12-4-6-22-8-12/h2-9H,10H2,1H3. The number of rotatable bonds is 5. The largest absolute Gasteiger partial charge is 0.305 e. The van der Waals surface area contributed by atoms with Crippen molar-refractivity contribution in [2.75, 3.05) is 0 Å². The van der Waals surface area contributed by atoms with Gasteiger partial charge in [0.15, 0.2) is 11.0 Å². The average Bonchev–Trinajstić information content (AvgIpc) is 3.35. The highest BCUT2D eigenvalue weighted by Crippen LogP contribution is 2.29. The molecule has 4 rings (SSSR count). The Labute approximate surface area is 151 Å². The van der Waals surface area contributed by atoms with E-state index in [1.807, 2.05) is 23.7 Å². The summed E-state index contributed by atoms with van der Waals surface area (Å²) in [6.07, 6.45) is 3.55. The Kier molecular flexibility index (Phi) is 4.42. The van der Waals surface area contributed by atoms with Gasteiger partial charge >= 0.3 is 0 Å². The zero-order valence-corrected chi connectivity index (χ0v) is 15.2. The number of hydrogen-bond donors (Lipinski definition) is 0. The SMILES string of the molecule is Cn1c(SCc2csc(-c3ccsc3)n2)nnc1-c1cccnc1. The lowest BCUT2D eigenvalue weighted by atomic mass is 10.3. The molecule has 0 unspecified atom stereocenters. The molecule has 0 amide bonds. The van der Waals surface area contributed by atoms with Crippen LogP contribution in [0.3, 0.4) is 0 Å². The molecule has 8 heteroatoms. The molecular formula is C16H13N5S3. The van der Waals surface area contributed by atoms with Crippen molar-refractivity contribution in [3.8, 4) is 22.0 Å². The summed E-state index contributed by atoms with van der Waals surface area (Å²) >= 11 is 5.01. The second-order valence-corrected chi connectivity index (χ2v) is 7.63. The number of aromatic nitrogens is 5. The summed E-state index contributed by atoms with van der Waals surface area (Å²) in [5.41, 5.74) is 3.23. The van der Waals surface area contributed by atoms with E-state index in [1.54, 1.807) is 46.8 Å². The van der Waals surface area contributed by atoms with Gasteiger partial charge in [-0.25, -0.2) is 4.98 Å². The summed E-state index contributed by atoms with van der Waals surface area (Å²) in [6.45, 7) is 0. The third kappa shape index (κ3) is 3.12. The fourth-order valence-corrected chi connectivity index (χ4v) is 4.66. The minimum Gasteiger partial charge on any atom is -0.305 e. The van der Waals surface area contributed by atoms with Crippen LogP contribution in [0.5, 0.6) is 0 Å². The molecule has 0 saturated heterocycles. The van der Waals surface area contributed by atoms with Gasteiger partial charge in [0.05, 0.1) is 5.69 Å². The normalized spacial score (nSPS) is 11.0. The van der Waals surface area contributed by atoms with E-state index in [1.165, 1.54) is 5.56 Å². The van der Waals surface area contributed by atoms with Crippen molar-refractivity contribution in [1.29, 1.82) is 0 Å². The van der Waals surface area contributed by atoms with E-state index in [4.69, 9.17) is 4.98 Å². The molecular weight excluding hydrogens is 358 g/mol. The van der Waals surface area contributed by atoms with Crippen molar-refractivity contribution in [1.82, 2.24) is 24.7 Å². The lowest BCUT2D eigenvalue weighted by Gasteiger charge is -2.02. The highest BCUT2D eigenvalue weighted by Gasteiger charge is 2.12. The van der Waals surface area contributed by atoms with Crippen LogP contribution < -0.4 is 0 Å². The van der Waals surface area contributed by atoms with Crippen LogP contribution in [0, 0.1) is 0 Å². The van der Waals surface area contributed by atoms with E-state index < -0.39 is 0 Å². The maximum Gasteiger partial charge on any atom is 0.191 e. The topological polar surface area (TPSA) is 56.5 Å². The first-order valence-corrected chi connectivity index (χ1v) is 10.0. The zero-order chi connectivity index (χ0) is 16.4. The molecule has 0 atom stereocenters. The highest BCUT2D eigenvalue weighted by molar-refractivity contribution is 7.98. The Morgan fingerprint density at radius 1 is 1.17 bits per heavy atom. The van der Waals surface area contributed by atoms with Gasteiger partial charge in [-0.05, 0) is 23.6 Å².